The summed E-state index contributed by atoms with van der Waals surface area (Å²) in [5, 5.41) is 44.6. The fourth-order valence-electron chi connectivity index (χ4n) is 0.833. The maximum Gasteiger partial charge on any atom is 0.527 e. The largest absolute Gasteiger partial charge is 0.527 e. The molecule has 0 radical (unpaired) electrons. The van der Waals surface area contributed by atoms with Gasteiger partial charge in [0.2, 0.25) is 0 Å². The Labute approximate surface area is 94.9 Å². The minimum Gasteiger partial charge on any atom is -0.394 e. The van der Waals surface area contributed by atoms with Gasteiger partial charge in [-0.15, -0.1) is 0 Å². The molecule has 11 heteroatoms. The van der Waals surface area contributed by atoms with Gasteiger partial charge in [-0.3, -0.25) is 9.79 Å². The van der Waals surface area contributed by atoms with Crippen molar-refractivity contribution in [3.05, 3.63) is 0 Å². The zero-order valence-corrected chi connectivity index (χ0v) is 9.21. The Kier molecular flexibility index (Phi) is 6.16. The van der Waals surface area contributed by atoms with E-state index < -0.39 is 44.8 Å². The molecule has 0 spiro atoms. The first kappa shape index (κ1) is 16.4. The van der Waals surface area contributed by atoms with E-state index in [2.05, 4.69) is 4.52 Å². The van der Waals surface area contributed by atoms with Crippen LogP contribution in [0.25, 0.3) is 0 Å². The van der Waals surface area contributed by atoms with Gasteiger partial charge < -0.3 is 30.1 Å². The van der Waals surface area contributed by atoms with Gasteiger partial charge in [0.25, 0.3) is 0 Å². The van der Waals surface area contributed by atoms with Gasteiger partial charge in [-0.05, 0) is 0 Å². The molecule has 0 aromatic rings. The number of phosphoric acid groups is 1. The van der Waals surface area contributed by atoms with E-state index in [1.54, 1.807) is 0 Å². The van der Waals surface area contributed by atoms with Gasteiger partial charge in [0.15, 0.2) is 6.10 Å². The third-order valence-corrected chi connectivity index (χ3v) is 2.12. The van der Waals surface area contributed by atoms with Gasteiger partial charge in [0.1, 0.15) is 18.3 Å². The van der Waals surface area contributed by atoms with E-state index in [1.807, 2.05) is 0 Å². The van der Waals surface area contributed by atoms with Crippen LogP contribution in [0, 0.1) is 0 Å². The van der Waals surface area contributed by atoms with E-state index in [9.17, 15) is 9.36 Å². The Hall–Kier alpha value is -0.580. The van der Waals surface area contributed by atoms with Crippen molar-refractivity contribution in [3.8, 4) is 0 Å². The van der Waals surface area contributed by atoms with Crippen LogP contribution in [0.3, 0.4) is 0 Å². The highest BCUT2D eigenvalue weighted by atomic mass is 31.2. The lowest BCUT2D eigenvalue weighted by atomic mass is 10.0. The number of carbonyl (C=O) groups is 1. The molecule has 0 saturated carbocycles. The van der Waals surface area contributed by atoms with Crippen molar-refractivity contribution >= 4 is 13.8 Å². The Balaban J connectivity index is 4.54. The quantitative estimate of drug-likeness (QED) is 0.236. The second kappa shape index (κ2) is 6.38. The smallest absolute Gasteiger partial charge is 0.394 e. The molecule has 0 heterocycles. The summed E-state index contributed by atoms with van der Waals surface area (Å²) in [6.07, 6.45) is -8.71. The molecule has 0 aromatic heterocycles. The molecule has 0 rings (SSSR count). The molecule has 0 aliphatic carbocycles. The second-order valence-corrected chi connectivity index (χ2v) is 4.24. The van der Waals surface area contributed by atoms with E-state index in [-0.39, 0.29) is 0 Å². The third-order valence-electron chi connectivity index (χ3n) is 1.71. The molecule has 0 aliphatic heterocycles. The average molecular weight is 276 g/mol. The highest BCUT2D eigenvalue weighted by Crippen LogP contribution is 2.36. The van der Waals surface area contributed by atoms with Crippen molar-refractivity contribution in [3.63, 3.8) is 0 Å². The highest BCUT2D eigenvalue weighted by Gasteiger charge is 2.37. The molecule has 0 saturated heterocycles. The first-order chi connectivity index (χ1) is 7.60. The standard InChI is InChI=1S/C6H13O10P/c7-1-2(8)3(9)4(10)5(11)6(12)16-17(13,14)15/h2-5,7-11H,1H2,(H2,13,14,15). The normalized spacial score (nSPS) is 19.2. The number of rotatable bonds is 6. The van der Waals surface area contributed by atoms with Gasteiger partial charge in [-0.1, -0.05) is 0 Å². The fraction of sp³-hybridized carbons (Fsp3) is 0.833. The van der Waals surface area contributed by atoms with E-state index in [4.69, 9.17) is 35.3 Å². The Bertz CT molecular complexity index is 299. The molecular weight excluding hydrogens is 263 g/mol. The lowest BCUT2D eigenvalue weighted by Crippen LogP contribution is -2.48. The number of aliphatic hydroxyl groups excluding tert-OH is 5. The van der Waals surface area contributed by atoms with Crippen molar-refractivity contribution in [1.82, 2.24) is 0 Å². The molecule has 17 heavy (non-hydrogen) atoms. The molecule has 0 bridgehead atoms. The van der Waals surface area contributed by atoms with Crippen molar-refractivity contribution in [2.75, 3.05) is 6.61 Å². The van der Waals surface area contributed by atoms with Crippen LogP contribution in [0.2, 0.25) is 0 Å². The summed E-state index contributed by atoms with van der Waals surface area (Å²) in [4.78, 5) is 27.3. The van der Waals surface area contributed by atoms with Crippen LogP contribution in [0.4, 0.5) is 0 Å². The Morgan fingerprint density at radius 1 is 1.12 bits per heavy atom. The molecule has 0 aromatic carbocycles. The van der Waals surface area contributed by atoms with Crippen LogP contribution in [0.5, 0.6) is 0 Å². The zero-order valence-electron chi connectivity index (χ0n) is 8.32. The summed E-state index contributed by atoms with van der Waals surface area (Å²) in [6.45, 7) is -0.960. The molecule has 0 amide bonds. The van der Waals surface area contributed by atoms with Gasteiger partial charge in [-0.25, -0.2) is 9.36 Å². The lowest BCUT2D eigenvalue weighted by molar-refractivity contribution is -0.162. The highest BCUT2D eigenvalue weighted by molar-refractivity contribution is 7.46. The van der Waals surface area contributed by atoms with E-state index in [0.717, 1.165) is 0 Å². The number of hydrogen-bond donors (Lipinski definition) is 7. The van der Waals surface area contributed by atoms with E-state index in [0.29, 0.717) is 0 Å². The Morgan fingerprint density at radius 3 is 1.94 bits per heavy atom. The van der Waals surface area contributed by atoms with E-state index in [1.165, 1.54) is 0 Å². The predicted octanol–water partition coefficient (Wildman–Crippen LogP) is -3.94. The summed E-state index contributed by atoms with van der Waals surface area (Å²) in [6, 6.07) is 0. The van der Waals surface area contributed by atoms with Crippen molar-refractivity contribution in [2.24, 2.45) is 0 Å². The summed E-state index contributed by atoms with van der Waals surface area (Å²) >= 11 is 0. The molecule has 10 nitrogen and oxygen atoms in total. The molecular formula is C6H13O10P. The van der Waals surface area contributed by atoms with Crippen LogP contribution in [-0.2, 0) is 13.9 Å². The molecule has 4 unspecified atom stereocenters. The molecule has 7 N–H and O–H groups in total. The summed E-state index contributed by atoms with van der Waals surface area (Å²) in [5.74, 6) is -1.88. The van der Waals surface area contributed by atoms with Crippen LogP contribution in [0.1, 0.15) is 0 Å². The minimum absolute atomic E-state index is 0.960. The van der Waals surface area contributed by atoms with Crippen molar-refractivity contribution < 1.29 is 49.2 Å². The first-order valence-electron chi connectivity index (χ1n) is 4.22. The van der Waals surface area contributed by atoms with E-state index >= 15 is 0 Å². The molecule has 4 atom stereocenters. The SMILES string of the molecule is O=C(OP(=O)(O)O)C(O)C(O)C(O)C(O)CO. The Morgan fingerprint density at radius 2 is 1.59 bits per heavy atom. The molecule has 0 aliphatic rings. The summed E-state index contributed by atoms with van der Waals surface area (Å²) in [5.41, 5.74) is 0. The topological polar surface area (TPSA) is 185 Å². The minimum atomic E-state index is -5.19. The summed E-state index contributed by atoms with van der Waals surface area (Å²) in [7, 11) is -5.19. The lowest BCUT2D eigenvalue weighted by Gasteiger charge is -2.24. The fourth-order valence-corrected chi connectivity index (χ4v) is 1.18. The number of phosphoric ester groups is 1. The summed E-state index contributed by atoms with van der Waals surface area (Å²) < 4.78 is 13.7. The van der Waals surface area contributed by atoms with Crippen molar-refractivity contribution in [2.45, 2.75) is 24.4 Å². The van der Waals surface area contributed by atoms with Crippen LogP contribution in [0.15, 0.2) is 0 Å². The number of aliphatic hydroxyl groups is 5. The van der Waals surface area contributed by atoms with Crippen LogP contribution < -0.4 is 0 Å². The zero-order chi connectivity index (χ0) is 13.8. The predicted molar refractivity (Wildman–Crippen MR) is 49.2 cm³/mol. The van der Waals surface area contributed by atoms with Crippen LogP contribution in [-0.4, -0.2) is 72.3 Å². The van der Waals surface area contributed by atoms with Gasteiger partial charge in [0.05, 0.1) is 6.61 Å². The van der Waals surface area contributed by atoms with Gasteiger partial charge >= 0.3 is 13.8 Å². The number of hydrogen-bond acceptors (Lipinski definition) is 8. The average Bonchev–Trinajstić information content (AvgIpc) is 2.22. The van der Waals surface area contributed by atoms with Gasteiger partial charge in [0, 0.05) is 0 Å². The second-order valence-electron chi connectivity index (χ2n) is 3.08. The monoisotopic (exact) mass is 276 g/mol. The number of carbonyl (C=O) groups excluding carboxylic acids is 1. The van der Waals surface area contributed by atoms with Crippen LogP contribution >= 0.6 is 7.82 Å². The molecule has 102 valence electrons. The third kappa shape index (κ3) is 5.52. The molecule has 0 fully saturated rings. The van der Waals surface area contributed by atoms with Gasteiger partial charge in [-0.2, -0.15) is 0 Å². The first-order valence-corrected chi connectivity index (χ1v) is 5.75. The maximum atomic E-state index is 10.8. The maximum absolute atomic E-state index is 10.8. The van der Waals surface area contributed by atoms with Crippen molar-refractivity contribution in [1.29, 1.82) is 0 Å².